The van der Waals surface area contributed by atoms with E-state index in [1.165, 1.54) is 0 Å². The number of carbonyl (C=O) groups is 1. The predicted molar refractivity (Wildman–Crippen MR) is 105 cm³/mol. The summed E-state index contributed by atoms with van der Waals surface area (Å²) in [5.41, 5.74) is 3.75. The lowest BCUT2D eigenvalue weighted by Gasteiger charge is -2.27. The van der Waals surface area contributed by atoms with Crippen LogP contribution in [-0.2, 0) is 11.3 Å². The standard InChI is InChI=1S/C20H21ClN4O2/c1-14-19(25-13-16(21)6-7-18(25)22-14)20(26)23-17-5-3-2-4-15(17)12-24-8-10-27-11-9-24/h2-7,13H,8-12H2,1H3,(H,23,26). The fraction of sp³-hybridized carbons (Fsp3) is 0.300. The number of aromatic nitrogens is 2. The second-order valence-electron chi connectivity index (χ2n) is 6.62. The maximum absolute atomic E-state index is 13.0. The number of aryl methyl sites for hydroxylation is 1. The lowest BCUT2D eigenvalue weighted by Crippen LogP contribution is -2.35. The Morgan fingerprint density at radius 1 is 1.22 bits per heavy atom. The van der Waals surface area contributed by atoms with Gasteiger partial charge >= 0.3 is 0 Å². The van der Waals surface area contributed by atoms with Crippen molar-refractivity contribution in [3.63, 3.8) is 0 Å². The Labute approximate surface area is 162 Å². The molecule has 4 rings (SSSR count). The lowest BCUT2D eigenvalue weighted by molar-refractivity contribution is 0.0342. The van der Waals surface area contributed by atoms with Crippen molar-refractivity contribution in [3.05, 3.63) is 64.6 Å². The number of amides is 1. The van der Waals surface area contributed by atoms with E-state index in [0.29, 0.717) is 22.1 Å². The molecule has 2 aromatic heterocycles. The van der Waals surface area contributed by atoms with E-state index in [-0.39, 0.29) is 5.91 Å². The molecule has 1 N–H and O–H groups in total. The molecule has 1 aliphatic rings. The van der Waals surface area contributed by atoms with E-state index >= 15 is 0 Å². The van der Waals surface area contributed by atoms with Gasteiger partial charge < -0.3 is 10.1 Å². The summed E-state index contributed by atoms with van der Waals surface area (Å²) in [6.07, 6.45) is 1.71. The summed E-state index contributed by atoms with van der Waals surface area (Å²) in [4.78, 5) is 19.8. The minimum Gasteiger partial charge on any atom is -0.379 e. The van der Waals surface area contributed by atoms with Gasteiger partial charge in [0.15, 0.2) is 0 Å². The highest BCUT2D eigenvalue weighted by atomic mass is 35.5. The van der Waals surface area contributed by atoms with E-state index in [1.54, 1.807) is 22.7 Å². The Balaban J connectivity index is 1.60. The number of hydrogen-bond acceptors (Lipinski definition) is 4. The van der Waals surface area contributed by atoms with Crippen molar-refractivity contribution < 1.29 is 9.53 Å². The summed E-state index contributed by atoms with van der Waals surface area (Å²) >= 11 is 6.10. The first kappa shape index (κ1) is 18.0. The highest BCUT2D eigenvalue weighted by Crippen LogP contribution is 2.21. The van der Waals surface area contributed by atoms with Crippen LogP contribution >= 0.6 is 11.6 Å². The number of para-hydroxylation sites is 1. The number of halogens is 1. The molecule has 3 heterocycles. The number of fused-ring (bicyclic) bond motifs is 1. The van der Waals surface area contributed by atoms with Gasteiger partial charge in [0.2, 0.25) is 0 Å². The number of carbonyl (C=O) groups excluding carboxylic acids is 1. The van der Waals surface area contributed by atoms with Crippen LogP contribution in [0.1, 0.15) is 21.7 Å². The van der Waals surface area contributed by atoms with Gasteiger partial charge in [0.1, 0.15) is 11.3 Å². The van der Waals surface area contributed by atoms with Gasteiger partial charge in [-0.1, -0.05) is 29.8 Å². The molecule has 3 aromatic rings. The molecule has 1 aliphatic heterocycles. The maximum atomic E-state index is 13.0. The molecule has 1 amide bonds. The van der Waals surface area contributed by atoms with Gasteiger partial charge in [0, 0.05) is 31.5 Å². The number of hydrogen-bond donors (Lipinski definition) is 1. The Morgan fingerprint density at radius 3 is 2.81 bits per heavy atom. The molecule has 0 aliphatic carbocycles. The second kappa shape index (κ2) is 7.68. The first-order valence-electron chi connectivity index (χ1n) is 8.95. The number of rotatable bonds is 4. The van der Waals surface area contributed by atoms with Crippen LogP contribution in [0.3, 0.4) is 0 Å². The van der Waals surface area contributed by atoms with Crippen LogP contribution in [0.15, 0.2) is 42.6 Å². The van der Waals surface area contributed by atoms with Crippen LogP contribution in [0.4, 0.5) is 5.69 Å². The maximum Gasteiger partial charge on any atom is 0.274 e. The van der Waals surface area contributed by atoms with Crippen molar-refractivity contribution in [2.24, 2.45) is 0 Å². The Kier molecular flexibility index (Phi) is 5.11. The molecule has 6 nitrogen and oxygen atoms in total. The van der Waals surface area contributed by atoms with Gasteiger partial charge in [-0.3, -0.25) is 14.1 Å². The highest BCUT2D eigenvalue weighted by molar-refractivity contribution is 6.30. The zero-order valence-electron chi connectivity index (χ0n) is 15.1. The number of pyridine rings is 1. The highest BCUT2D eigenvalue weighted by Gasteiger charge is 2.19. The summed E-state index contributed by atoms with van der Waals surface area (Å²) in [6, 6.07) is 11.5. The van der Waals surface area contributed by atoms with Gasteiger partial charge in [0.05, 0.1) is 23.9 Å². The molecule has 0 spiro atoms. The number of anilines is 1. The summed E-state index contributed by atoms with van der Waals surface area (Å²) in [6.45, 7) is 5.89. The summed E-state index contributed by atoms with van der Waals surface area (Å²) in [5.74, 6) is -0.198. The van der Waals surface area contributed by atoms with E-state index in [4.69, 9.17) is 16.3 Å². The molecule has 0 bridgehead atoms. The monoisotopic (exact) mass is 384 g/mol. The third-order valence-electron chi connectivity index (χ3n) is 4.74. The van der Waals surface area contributed by atoms with Crippen LogP contribution in [0.2, 0.25) is 5.02 Å². The van der Waals surface area contributed by atoms with Crippen LogP contribution < -0.4 is 5.32 Å². The number of imidazole rings is 1. The number of ether oxygens (including phenoxy) is 1. The SMILES string of the molecule is Cc1nc2ccc(Cl)cn2c1C(=O)Nc1ccccc1CN1CCOCC1. The predicted octanol–water partition coefficient (Wildman–Crippen LogP) is 3.38. The Hall–Kier alpha value is -2.41. The van der Waals surface area contributed by atoms with Crippen molar-refractivity contribution >= 4 is 28.8 Å². The molecule has 1 aromatic carbocycles. The quantitative estimate of drug-likeness (QED) is 0.749. The Morgan fingerprint density at radius 2 is 2.00 bits per heavy atom. The number of nitrogens with zero attached hydrogens (tertiary/aromatic N) is 3. The molecule has 1 saturated heterocycles. The number of nitrogens with one attached hydrogen (secondary N) is 1. The molecule has 0 atom stereocenters. The van der Waals surface area contributed by atoms with Crippen molar-refractivity contribution in [1.29, 1.82) is 0 Å². The van der Waals surface area contributed by atoms with E-state index < -0.39 is 0 Å². The average molecular weight is 385 g/mol. The first-order valence-corrected chi connectivity index (χ1v) is 9.33. The minimum atomic E-state index is -0.198. The fourth-order valence-corrected chi connectivity index (χ4v) is 3.53. The molecule has 27 heavy (non-hydrogen) atoms. The third-order valence-corrected chi connectivity index (χ3v) is 4.96. The zero-order valence-corrected chi connectivity index (χ0v) is 15.9. The van der Waals surface area contributed by atoms with E-state index in [0.717, 1.165) is 44.1 Å². The van der Waals surface area contributed by atoms with Gasteiger partial charge in [0.25, 0.3) is 5.91 Å². The lowest BCUT2D eigenvalue weighted by atomic mass is 10.1. The van der Waals surface area contributed by atoms with Gasteiger partial charge in [-0.2, -0.15) is 0 Å². The molecule has 1 fully saturated rings. The fourth-order valence-electron chi connectivity index (χ4n) is 3.37. The van der Waals surface area contributed by atoms with Crippen molar-refractivity contribution in [2.75, 3.05) is 31.6 Å². The molecule has 0 radical (unpaired) electrons. The molecular formula is C20H21ClN4O2. The zero-order chi connectivity index (χ0) is 18.8. The smallest absolute Gasteiger partial charge is 0.274 e. The molecule has 0 unspecified atom stereocenters. The van der Waals surface area contributed by atoms with Gasteiger partial charge in [-0.25, -0.2) is 4.98 Å². The van der Waals surface area contributed by atoms with Crippen LogP contribution in [-0.4, -0.2) is 46.5 Å². The van der Waals surface area contributed by atoms with Crippen LogP contribution in [0.5, 0.6) is 0 Å². The van der Waals surface area contributed by atoms with E-state index in [1.807, 2.05) is 31.2 Å². The first-order chi connectivity index (χ1) is 13.1. The molecule has 0 saturated carbocycles. The Bertz CT molecular complexity index is 979. The third kappa shape index (κ3) is 3.83. The molecule has 7 heteroatoms. The average Bonchev–Trinajstić information content (AvgIpc) is 2.99. The van der Waals surface area contributed by atoms with Crippen molar-refractivity contribution in [1.82, 2.24) is 14.3 Å². The number of morpholine rings is 1. The number of benzene rings is 1. The largest absolute Gasteiger partial charge is 0.379 e. The van der Waals surface area contributed by atoms with Crippen LogP contribution in [0.25, 0.3) is 5.65 Å². The minimum absolute atomic E-state index is 0.198. The topological polar surface area (TPSA) is 58.9 Å². The van der Waals surface area contributed by atoms with Crippen molar-refractivity contribution in [2.45, 2.75) is 13.5 Å². The normalized spacial score (nSPS) is 15.2. The van der Waals surface area contributed by atoms with Gasteiger partial charge in [-0.05, 0) is 30.7 Å². The van der Waals surface area contributed by atoms with Crippen LogP contribution in [0, 0.1) is 6.92 Å². The summed E-state index contributed by atoms with van der Waals surface area (Å²) in [5, 5.41) is 3.61. The summed E-state index contributed by atoms with van der Waals surface area (Å²) in [7, 11) is 0. The van der Waals surface area contributed by atoms with E-state index in [9.17, 15) is 4.79 Å². The van der Waals surface area contributed by atoms with E-state index in [2.05, 4.69) is 15.2 Å². The van der Waals surface area contributed by atoms with Crippen molar-refractivity contribution in [3.8, 4) is 0 Å². The summed E-state index contributed by atoms with van der Waals surface area (Å²) < 4.78 is 7.15. The molecular weight excluding hydrogens is 364 g/mol. The second-order valence-corrected chi connectivity index (χ2v) is 7.06. The van der Waals surface area contributed by atoms with Gasteiger partial charge in [-0.15, -0.1) is 0 Å². The molecule has 140 valence electrons.